The van der Waals surface area contributed by atoms with Crippen LogP contribution in [0.5, 0.6) is 0 Å². The van der Waals surface area contributed by atoms with Gasteiger partial charge in [-0.05, 0) is 42.7 Å². The molecule has 5 nitrogen and oxygen atoms in total. The van der Waals surface area contributed by atoms with Crippen molar-refractivity contribution in [1.29, 1.82) is 0 Å². The first-order valence-corrected chi connectivity index (χ1v) is 8.79. The second-order valence-corrected chi connectivity index (χ2v) is 7.38. The predicted molar refractivity (Wildman–Crippen MR) is 82.5 cm³/mol. The number of aliphatic hydroxyl groups is 1. The molecule has 0 unspecified atom stereocenters. The Kier molecular flexibility index (Phi) is 4.43. The Morgan fingerprint density at radius 3 is 2.48 bits per heavy atom. The van der Waals surface area contributed by atoms with Gasteiger partial charge in [0.25, 0.3) is 10.0 Å². The van der Waals surface area contributed by atoms with Gasteiger partial charge >= 0.3 is 0 Å². The van der Waals surface area contributed by atoms with E-state index in [1.165, 1.54) is 40.8 Å². The van der Waals surface area contributed by atoms with E-state index in [-0.39, 0.29) is 17.6 Å². The van der Waals surface area contributed by atoms with Crippen molar-refractivity contribution in [3.05, 3.63) is 60.0 Å². The summed E-state index contributed by atoms with van der Waals surface area (Å²) >= 11 is 0. The van der Waals surface area contributed by atoms with Crippen LogP contribution >= 0.6 is 0 Å². The monoisotopic (exact) mass is 336 g/mol. The minimum absolute atomic E-state index is 0.0294. The molecule has 0 radical (unpaired) electrons. The molecule has 1 fully saturated rings. The molecule has 1 aromatic carbocycles. The van der Waals surface area contributed by atoms with Crippen molar-refractivity contribution in [3.63, 3.8) is 0 Å². The number of pyridine rings is 1. The van der Waals surface area contributed by atoms with E-state index >= 15 is 0 Å². The predicted octanol–water partition coefficient (Wildman–Crippen LogP) is 2.11. The SMILES string of the molecule is O=S(=O)(c1ccccn1)N(C[C@@H](O)c1ccc(F)cc1)C1CC1. The zero-order chi connectivity index (χ0) is 16.4. The first-order chi connectivity index (χ1) is 11.0. The number of aromatic nitrogens is 1. The van der Waals surface area contributed by atoms with Crippen molar-refractivity contribution < 1.29 is 17.9 Å². The summed E-state index contributed by atoms with van der Waals surface area (Å²) < 4.78 is 39.7. The van der Waals surface area contributed by atoms with Gasteiger partial charge in [-0.3, -0.25) is 0 Å². The Bertz CT molecular complexity index is 762. The van der Waals surface area contributed by atoms with Crippen LogP contribution in [0.3, 0.4) is 0 Å². The molecule has 0 spiro atoms. The van der Waals surface area contributed by atoms with Crippen LogP contribution < -0.4 is 0 Å². The van der Waals surface area contributed by atoms with Crippen LogP contribution in [0.1, 0.15) is 24.5 Å². The third-order valence-corrected chi connectivity index (χ3v) is 5.61. The molecule has 1 aliphatic carbocycles. The smallest absolute Gasteiger partial charge is 0.260 e. The van der Waals surface area contributed by atoms with E-state index in [1.807, 2.05) is 0 Å². The molecule has 0 saturated heterocycles. The molecule has 1 heterocycles. The van der Waals surface area contributed by atoms with E-state index < -0.39 is 21.9 Å². The first-order valence-electron chi connectivity index (χ1n) is 7.35. The van der Waals surface area contributed by atoms with Gasteiger partial charge in [0.2, 0.25) is 0 Å². The van der Waals surface area contributed by atoms with E-state index in [9.17, 15) is 17.9 Å². The van der Waals surface area contributed by atoms with Gasteiger partial charge in [0.05, 0.1) is 6.10 Å². The lowest BCUT2D eigenvalue weighted by Crippen LogP contribution is -2.37. The third-order valence-electron chi connectivity index (χ3n) is 3.77. The molecule has 3 rings (SSSR count). The topological polar surface area (TPSA) is 70.5 Å². The molecule has 2 aromatic rings. The molecular formula is C16H17FN2O3S. The minimum Gasteiger partial charge on any atom is -0.387 e. The highest BCUT2D eigenvalue weighted by Crippen LogP contribution is 2.33. The van der Waals surface area contributed by atoms with Gasteiger partial charge in [0.15, 0.2) is 5.03 Å². The summed E-state index contributed by atoms with van der Waals surface area (Å²) in [5, 5.41) is 10.3. The van der Waals surface area contributed by atoms with Crippen LogP contribution in [0.15, 0.2) is 53.7 Å². The van der Waals surface area contributed by atoms with Crippen molar-refractivity contribution in [2.24, 2.45) is 0 Å². The number of benzene rings is 1. The average molecular weight is 336 g/mol. The number of aliphatic hydroxyl groups excluding tert-OH is 1. The molecule has 1 saturated carbocycles. The second-order valence-electron chi connectivity index (χ2n) is 5.54. The number of rotatable bonds is 6. The summed E-state index contributed by atoms with van der Waals surface area (Å²) in [5.74, 6) is -0.402. The summed E-state index contributed by atoms with van der Waals surface area (Å²) in [7, 11) is -3.76. The maximum atomic E-state index is 13.0. The van der Waals surface area contributed by atoms with Crippen LogP contribution in [0.2, 0.25) is 0 Å². The van der Waals surface area contributed by atoms with Crippen molar-refractivity contribution >= 4 is 10.0 Å². The van der Waals surface area contributed by atoms with Gasteiger partial charge in [-0.15, -0.1) is 0 Å². The fraction of sp³-hybridized carbons (Fsp3) is 0.312. The normalized spacial score (nSPS) is 16.5. The van der Waals surface area contributed by atoms with Crippen molar-refractivity contribution in [2.75, 3.05) is 6.54 Å². The molecule has 0 amide bonds. The van der Waals surface area contributed by atoms with E-state index in [2.05, 4.69) is 4.98 Å². The largest absolute Gasteiger partial charge is 0.387 e. The lowest BCUT2D eigenvalue weighted by atomic mass is 10.1. The molecule has 1 N–H and O–H groups in total. The molecule has 1 aromatic heterocycles. The lowest BCUT2D eigenvalue weighted by Gasteiger charge is -2.24. The Labute approximate surface area is 134 Å². The van der Waals surface area contributed by atoms with Crippen LogP contribution in [-0.4, -0.2) is 35.4 Å². The molecule has 23 heavy (non-hydrogen) atoms. The summed E-state index contributed by atoms with van der Waals surface area (Å²) in [6, 6.07) is 9.99. The zero-order valence-corrected chi connectivity index (χ0v) is 13.2. The first kappa shape index (κ1) is 16.0. The number of hydrogen-bond acceptors (Lipinski definition) is 4. The van der Waals surface area contributed by atoms with Gasteiger partial charge in [0, 0.05) is 18.8 Å². The van der Waals surface area contributed by atoms with Crippen LogP contribution in [-0.2, 0) is 10.0 Å². The Morgan fingerprint density at radius 1 is 1.22 bits per heavy atom. The van der Waals surface area contributed by atoms with Gasteiger partial charge in [-0.2, -0.15) is 4.31 Å². The van der Waals surface area contributed by atoms with Crippen LogP contribution in [0.4, 0.5) is 4.39 Å². The van der Waals surface area contributed by atoms with Gasteiger partial charge in [-0.25, -0.2) is 17.8 Å². The highest BCUT2D eigenvalue weighted by atomic mass is 32.2. The molecule has 7 heteroatoms. The van der Waals surface area contributed by atoms with Crippen LogP contribution in [0.25, 0.3) is 0 Å². The third kappa shape index (κ3) is 3.57. The maximum Gasteiger partial charge on any atom is 0.260 e. The maximum absolute atomic E-state index is 13.0. The Hall–Kier alpha value is -1.83. The fourth-order valence-corrected chi connectivity index (χ4v) is 4.01. The molecule has 1 aliphatic rings. The molecular weight excluding hydrogens is 319 g/mol. The second kappa shape index (κ2) is 6.35. The fourth-order valence-electron chi connectivity index (χ4n) is 2.39. The van der Waals surface area contributed by atoms with E-state index in [4.69, 9.17) is 0 Å². The molecule has 122 valence electrons. The minimum atomic E-state index is -3.76. The zero-order valence-electron chi connectivity index (χ0n) is 12.3. The van der Waals surface area contributed by atoms with Gasteiger partial charge in [-0.1, -0.05) is 18.2 Å². The van der Waals surface area contributed by atoms with E-state index in [1.54, 1.807) is 12.1 Å². The molecule has 0 bridgehead atoms. The summed E-state index contributed by atoms with van der Waals surface area (Å²) in [6.07, 6.45) is 1.94. The van der Waals surface area contributed by atoms with Crippen LogP contribution in [0, 0.1) is 5.82 Å². The van der Waals surface area contributed by atoms with Crippen molar-refractivity contribution in [1.82, 2.24) is 9.29 Å². The Balaban J connectivity index is 1.84. The highest BCUT2D eigenvalue weighted by Gasteiger charge is 2.39. The summed E-state index contributed by atoms with van der Waals surface area (Å²) in [4.78, 5) is 3.91. The van der Waals surface area contributed by atoms with Crippen molar-refractivity contribution in [2.45, 2.75) is 30.0 Å². The van der Waals surface area contributed by atoms with Gasteiger partial charge in [0.1, 0.15) is 5.82 Å². The highest BCUT2D eigenvalue weighted by molar-refractivity contribution is 7.89. The summed E-state index contributed by atoms with van der Waals surface area (Å²) in [6.45, 7) is -0.0742. The number of nitrogens with zero attached hydrogens (tertiary/aromatic N) is 2. The van der Waals surface area contributed by atoms with E-state index in [0.717, 1.165) is 12.8 Å². The van der Waals surface area contributed by atoms with E-state index in [0.29, 0.717) is 5.56 Å². The van der Waals surface area contributed by atoms with Crippen molar-refractivity contribution in [3.8, 4) is 0 Å². The number of hydrogen-bond donors (Lipinski definition) is 1. The average Bonchev–Trinajstić information content (AvgIpc) is 3.38. The summed E-state index contributed by atoms with van der Waals surface area (Å²) in [5.41, 5.74) is 0.480. The van der Waals surface area contributed by atoms with Gasteiger partial charge < -0.3 is 5.11 Å². The quantitative estimate of drug-likeness (QED) is 0.877. The Morgan fingerprint density at radius 2 is 1.91 bits per heavy atom. The molecule has 0 aliphatic heterocycles. The lowest BCUT2D eigenvalue weighted by molar-refractivity contribution is 0.145. The number of halogens is 1. The number of sulfonamides is 1. The standard InChI is InChI=1S/C16H17FN2O3S/c17-13-6-4-12(5-7-13)15(20)11-19(14-8-9-14)23(21,22)16-3-1-2-10-18-16/h1-7,10,14-15,20H,8-9,11H2/t15-/m1/s1. The molecule has 1 atom stereocenters.